The van der Waals surface area contributed by atoms with Gasteiger partial charge in [0, 0.05) is 28.3 Å². The largest absolute Gasteiger partial charge is 0.326 e. The van der Waals surface area contributed by atoms with Crippen LogP contribution in [-0.2, 0) is 9.59 Å². The number of nitrogens with one attached hydrogen (secondary N) is 3. The van der Waals surface area contributed by atoms with Gasteiger partial charge in [-0.15, -0.1) is 5.10 Å². The maximum Gasteiger partial charge on any atom is 0.237 e. The van der Waals surface area contributed by atoms with Crippen molar-refractivity contribution in [3.63, 3.8) is 0 Å². The minimum atomic E-state index is -0.386. The predicted molar refractivity (Wildman–Crippen MR) is 114 cm³/mol. The Morgan fingerprint density at radius 3 is 2.25 bits per heavy atom. The van der Waals surface area contributed by atoms with E-state index in [0.717, 1.165) is 10.0 Å². The van der Waals surface area contributed by atoms with Gasteiger partial charge in [-0.25, -0.2) is 4.98 Å². The van der Waals surface area contributed by atoms with Crippen LogP contribution in [0, 0.1) is 0 Å². The van der Waals surface area contributed by atoms with Gasteiger partial charge < -0.3 is 10.6 Å². The molecule has 0 saturated carbocycles. The highest BCUT2D eigenvalue weighted by molar-refractivity contribution is 9.10. The summed E-state index contributed by atoms with van der Waals surface area (Å²) in [5.41, 5.74) is 2.24. The van der Waals surface area contributed by atoms with Crippen LogP contribution in [0.15, 0.2) is 58.2 Å². The van der Waals surface area contributed by atoms with E-state index in [1.165, 1.54) is 18.7 Å². The van der Waals surface area contributed by atoms with Crippen molar-refractivity contribution < 1.29 is 9.59 Å². The normalized spacial score (nSPS) is 11.7. The average Bonchev–Trinajstić information content (AvgIpc) is 3.12. The number of benzene rings is 2. The van der Waals surface area contributed by atoms with E-state index < -0.39 is 0 Å². The highest BCUT2D eigenvalue weighted by Gasteiger charge is 2.17. The summed E-state index contributed by atoms with van der Waals surface area (Å²) in [5, 5.41) is 12.7. The van der Waals surface area contributed by atoms with Crippen LogP contribution < -0.4 is 10.6 Å². The summed E-state index contributed by atoms with van der Waals surface area (Å²) in [6.45, 7) is 3.24. The van der Waals surface area contributed by atoms with Gasteiger partial charge in [0.25, 0.3) is 0 Å². The molecule has 28 heavy (non-hydrogen) atoms. The first-order chi connectivity index (χ1) is 13.4. The first-order valence-electron chi connectivity index (χ1n) is 8.44. The maximum absolute atomic E-state index is 12.4. The fourth-order valence-corrected chi connectivity index (χ4v) is 3.32. The van der Waals surface area contributed by atoms with Gasteiger partial charge >= 0.3 is 0 Å². The van der Waals surface area contributed by atoms with Crippen LogP contribution in [0.25, 0.3) is 11.4 Å². The van der Waals surface area contributed by atoms with E-state index in [-0.39, 0.29) is 17.1 Å². The lowest BCUT2D eigenvalue weighted by molar-refractivity contribution is -0.115. The summed E-state index contributed by atoms with van der Waals surface area (Å²) >= 11 is 4.67. The summed E-state index contributed by atoms with van der Waals surface area (Å²) < 4.78 is 0.987. The number of halogens is 1. The first kappa shape index (κ1) is 20.1. The number of H-pyrrole nitrogens is 1. The minimum Gasteiger partial charge on any atom is -0.326 e. The van der Waals surface area contributed by atoms with Gasteiger partial charge in [-0.3, -0.25) is 14.7 Å². The Morgan fingerprint density at radius 2 is 1.64 bits per heavy atom. The number of hydrogen-bond acceptors (Lipinski definition) is 5. The lowest BCUT2D eigenvalue weighted by atomic mass is 10.2. The van der Waals surface area contributed by atoms with Crippen molar-refractivity contribution >= 4 is 50.9 Å². The quantitative estimate of drug-likeness (QED) is 0.476. The summed E-state index contributed by atoms with van der Waals surface area (Å²) in [5.74, 6) is 0.347. The number of rotatable bonds is 6. The summed E-state index contributed by atoms with van der Waals surface area (Å²) in [4.78, 5) is 27.9. The molecule has 1 heterocycles. The van der Waals surface area contributed by atoms with Crippen LogP contribution in [0.2, 0.25) is 0 Å². The number of nitrogens with zero attached hydrogens (tertiary/aromatic N) is 2. The highest BCUT2D eigenvalue weighted by atomic mass is 79.9. The molecule has 7 nitrogen and oxygen atoms in total. The number of thioether (sulfide) groups is 1. The van der Waals surface area contributed by atoms with E-state index in [2.05, 4.69) is 41.7 Å². The van der Waals surface area contributed by atoms with Crippen LogP contribution in [-0.4, -0.2) is 32.2 Å². The van der Waals surface area contributed by atoms with Gasteiger partial charge in [-0.2, -0.15) is 0 Å². The molecular weight excluding hydrogens is 442 g/mol. The number of aromatic amines is 1. The first-order valence-corrected chi connectivity index (χ1v) is 10.1. The van der Waals surface area contributed by atoms with Crippen molar-refractivity contribution in [2.24, 2.45) is 0 Å². The zero-order valence-electron chi connectivity index (χ0n) is 15.2. The second-order valence-electron chi connectivity index (χ2n) is 5.98. The second-order valence-corrected chi connectivity index (χ2v) is 8.20. The summed E-state index contributed by atoms with van der Waals surface area (Å²) in [7, 11) is 0. The molecule has 0 fully saturated rings. The van der Waals surface area contributed by atoms with E-state index in [1.807, 2.05) is 24.3 Å². The van der Waals surface area contributed by atoms with Crippen molar-refractivity contribution in [3.05, 3.63) is 53.0 Å². The molecule has 0 spiro atoms. The molecule has 3 aromatic rings. The number of aromatic nitrogens is 3. The molecule has 0 aliphatic rings. The van der Waals surface area contributed by atoms with Crippen LogP contribution in [0.1, 0.15) is 13.8 Å². The summed E-state index contributed by atoms with van der Waals surface area (Å²) in [6, 6.07) is 14.6. The number of amides is 2. The van der Waals surface area contributed by atoms with E-state index in [1.54, 1.807) is 31.2 Å². The fourth-order valence-electron chi connectivity index (χ4n) is 2.33. The molecule has 2 amide bonds. The second kappa shape index (κ2) is 9.03. The van der Waals surface area contributed by atoms with Crippen molar-refractivity contribution in [1.29, 1.82) is 0 Å². The molecule has 0 bridgehead atoms. The molecular formula is C19H18BrN5O2S. The Hall–Kier alpha value is -2.65. The third-order valence-corrected chi connectivity index (χ3v) is 5.20. The van der Waals surface area contributed by atoms with E-state index >= 15 is 0 Å². The Morgan fingerprint density at radius 1 is 1.04 bits per heavy atom. The zero-order chi connectivity index (χ0) is 20.1. The zero-order valence-corrected chi connectivity index (χ0v) is 17.6. The molecule has 3 N–H and O–H groups in total. The van der Waals surface area contributed by atoms with Crippen LogP contribution in [0.4, 0.5) is 11.4 Å². The SMILES string of the molecule is CC(=O)Nc1ccc(NC(=O)[C@H](C)Sc2n[nH]c(-c3ccc(Br)cc3)n2)cc1. The van der Waals surface area contributed by atoms with E-state index in [4.69, 9.17) is 0 Å². The van der Waals surface area contributed by atoms with Crippen molar-refractivity contribution in [3.8, 4) is 11.4 Å². The highest BCUT2D eigenvalue weighted by Crippen LogP contribution is 2.24. The Balaban J connectivity index is 1.58. The molecule has 0 unspecified atom stereocenters. The smallest absolute Gasteiger partial charge is 0.237 e. The molecule has 3 rings (SSSR count). The Kier molecular flexibility index (Phi) is 6.48. The monoisotopic (exact) mass is 459 g/mol. The molecule has 1 atom stereocenters. The van der Waals surface area contributed by atoms with Gasteiger partial charge in [0.1, 0.15) is 0 Å². The number of hydrogen-bond donors (Lipinski definition) is 3. The van der Waals surface area contributed by atoms with Crippen LogP contribution in [0.3, 0.4) is 0 Å². The van der Waals surface area contributed by atoms with Crippen LogP contribution in [0.5, 0.6) is 0 Å². The van der Waals surface area contributed by atoms with Gasteiger partial charge in [0.05, 0.1) is 5.25 Å². The van der Waals surface area contributed by atoms with Crippen molar-refractivity contribution in [2.75, 3.05) is 10.6 Å². The Labute approximate surface area is 174 Å². The number of anilines is 2. The molecule has 144 valence electrons. The summed E-state index contributed by atoms with van der Waals surface area (Å²) in [6.07, 6.45) is 0. The van der Waals surface area contributed by atoms with Crippen LogP contribution >= 0.6 is 27.7 Å². The van der Waals surface area contributed by atoms with Crippen molar-refractivity contribution in [1.82, 2.24) is 15.2 Å². The molecule has 0 aliphatic heterocycles. The standard InChI is InChI=1S/C19H18BrN5O2S/c1-11(18(27)22-16-9-7-15(8-10-16)21-12(2)26)28-19-23-17(24-25-19)13-3-5-14(20)6-4-13/h3-11H,1-2H3,(H,21,26)(H,22,27)(H,23,24,25)/t11-/m0/s1. The van der Waals surface area contributed by atoms with E-state index in [9.17, 15) is 9.59 Å². The molecule has 9 heteroatoms. The average molecular weight is 460 g/mol. The fraction of sp³-hybridized carbons (Fsp3) is 0.158. The maximum atomic E-state index is 12.4. The van der Waals surface area contributed by atoms with Gasteiger partial charge in [0.2, 0.25) is 17.0 Å². The van der Waals surface area contributed by atoms with Crippen molar-refractivity contribution in [2.45, 2.75) is 24.3 Å². The molecule has 0 radical (unpaired) electrons. The lowest BCUT2D eigenvalue weighted by Gasteiger charge is -2.10. The number of carbonyl (C=O) groups is 2. The van der Waals surface area contributed by atoms with Gasteiger partial charge in [-0.05, 0) is 43.3 Å². The molecule has 2 aromatic carbocycles. The Bertz CT molecular complexity index is 973. The topological polar surface area (TPSA) is 99.8 Å². The molecule has 0 aliphatic carbocycles. The number of carbonyl (C=O) groups excluding carboxylic acids is 2. The third-order valence-electron chi connectivity index (χ3n) is 3.71. The molecule has 1 aromatic heterocycles. The van der Waals surface area contributed by atoms with E-state index in [0.29, 0.717) is 22.4 Å². The van der Waals surface area contributed by atoms with Gasteiger partial charge in [0.15, 0.2) is 5.82 Å². The third kappa shape index (κ3) is 5.43. The molecule has 0 saturated heterocycles. The lowest BCUT2D eigenvalue weighted by Crippen LogP contribution is -2.22. The van der Waals surface area contributed by atoms with Gasteiger partial charge in [-0.1, -0.05) is 39.8 Å². The minimum absolute atomic E-state index is 0.143. The predicted octanol–water partition coefficient (Wildman–Crippen LogP) is 4.31.